The standard InChI is InChI=1S/C12H11NOS/c1-9-4-3-7-13-12(9)15-11-6-2-5-10(14)8-11/h2-8,14H,1H3. The molecule has 76 valence electrons. The molecule has 1 aromatic heterocycles. The van der Waals surface area contributed by atoms with Crippen molar-refractivity contribution in [3.63, 3.8) is 0 Å². The minimum absolute atomic E-state index is 0.286. The molecule has 2 nitrogen and oxygen atoms in total. The number of nitrogens with zero attached hydrogens (tertiary/aromatic N) is 1. The number of rotatable bonds is 2. The first-order chi connectivity index (χ1) is 7.25. The number of aryl methyl sites for hydroxylation is 1. The van der Waals surface area contributed by atoms with Crippen molar-refractivity contribution in [2.45, 2.75) is 16.8 Å². The summed E-state index contributed by atoms with van der Waals surface area (Å²) in [5, 5.41) is 10.3. The SMILES string of the molecule is Cc1cccnc1Sc1cccc(O)c1. The van der Waals surface area contributed by atoms with Crippen LogP contribution in [0.25, 0.3) is 0 Å². The Balaban J connectivity index is 2.26. The number of hydrogen-bond acceptors (Lipinski definition) is 3. The summed E-state index contributed by atoms with van der Waals surface area (Å²) in [6, 6.07) is 11.1. The first-order valence-electron chi connectivity index (χ1n) is 4.64. The van der Waals surface area contributed by atoms with Gasteiger partial charge in [-0.2, -0.15) is 0 Å². The van der Waals surface area contributed by atoms with Crippen molar-refractivity contribution in [2.24, 2.45) is 0 Å². The maximum atomic E-state index is 9.33. The summed E-state index contributed by atoms with van der Waals surface area (Å²) >= 11 is 1.56. The van der Waals surface area contributed by atoms with Gasteiger partial charge in [0.15, 0.2) is 0 Å². The van der Waals surface area contributed by atoms with Gasteiger partial charge in [-0.1, -0.05) is 23.9 Å². The molecule has 0 aliphatic heterocycles. The molecule has 0 aliphatic carbocycles. The van der Waals surface area contributed by atoms with Crippen LogP contribution in [0.3, 0.4) is 0 Å². The molecule has 1 heterocycles. The Morgan fingerprint density at radius 2 is 2.07 bits per heavy atom. The largest absolute Gasteiger partial charge is 0.508 e. The van der Waals surface area contributed by atoms with Gasteiger partial charge in [0.1, 0.15) is 10.8 Å². The molecule has 0 saturated carbocycles. The number of phenolic OH excluding ortho intramolecular Hbond substituents is 1. The summed E-state index contributed by atoms with van der Waals surface area (Å²) in [5.41, 5.74) is 1.14. The second-order valence-electron chi connectivity index (χ2n) is 3.22. The van der Waals surface area contributed by atoms with E-state index < -0.39 is 0 Å². The molecule has 0 spiro atoms. The van der Waals surface area contributed by atoms with Gasteiger partial charge in [0, 0.05) is 11.1 Å². The van der Waals surface area contributed by atoms with Crippen molar-refractivity contribution in [3.05, 3.63) is 48.2 Å². The molecule has 0 unspecified atom stereocenters. The van der Waals surface area contributed by atoms with E-state index in [9.17, 15) is 5.11 Å². The van der Waals surface area contributed by atoms with E-state index in [0.717, 1.165) is 15.5 Å². The molecule has 0 aliphatic rings. The molecule has 0 radical (unpaired) electrons. The van der Waals surface area contributed by atoms with E-state index in [1.54, 1.807) is 30.1 Å². The van der Waals surface area contributed by atoms with Crippen LogP contribution in [-0.4, -0.2) is 10.1 Å². The lowest BCUT2D eigenvalue weighted by atomic mass is 10.3. The smallest absolute Gasteiger partial charge is 0.116 e. The number of benzene rings is 1. The van der Waals surface area contributed by atoms with Crippen LogP contribution in [0.15, 0.2) is 52.5 Å². The highest BCUT2D eigenvalue weighted by Gasteiger charge is 2.01. The zero-order valence-corrected chi connectivity index (χ0v) is 9.16. The second-order valence-corrected chi connectivity index (χ2v) is 4.29. The van der Waals surface area contributed by atoms with Gasteiger partial charge in [-0.25, -0.2) is 4.98 Å². The summed E-state index contributed by atoms with van der Waals surface area (Å²) in [6.07, 6.45) is 1.78. The third kappa shape index (κ3) is 2.50. The number of pyridine rings is 1. The first-order valence-corrected chi connectivity index (χ1v) is 5.46. The van der Waals surface area contributed by atoms with Gasteiger partial charge >= 0.3 is 0 Å². The summed E-state index contributed by atoms with van der Waals surface area (Å²) in [5.74, 6) is 0.286. The molecule has 2 rings (SSSR count). The van der Waals surface area contributed by atoms with Crippen LogP contribution in [0.1, 0.15) is 5.56 Å². The molecule has 0 amide bonds. The van der Waals surface area contributed by atoms with Crippen molar-refractivity contribution >= 4 is 11.8 Å². The van der Waals surface area contributed by atoms with E-state index in [0.29, 0.717) is 0 Å². The van der Waals surface area contributed by atoms with E-state index in [-0.39, 0.29) is 5.75 Å². The fraction of sp³-hybridized carbons (Fsp3) is 0.0833. The van der Waals surface area contributed by atoms with Crippen LogP contribution in [0.5, 0.6) is 5.75 Å². The molecule has 3 heteroatoms. The molecule has 2 aromatic rings. The van der Waals surface area contributed by atoms with E-state index in [2.05, 4.69) is 4.98 Å². The van der Waals surface area contributed by atoms with Crippen LogP contribution in [0.4, 0.5) is 0 Å². The fourth-order valence-corrected chi connectivity index (χ4v) is 2.13. The Kier molecular flexibility index (Phi) is 2.92. The average molecular weight is 217 g/mol. The van der Waals surface area contributed by atoms with Crippen LogP contribution in [-0.2, 0) is 0 Å². The van der Waals surface area contributed by atoms with Crippen LogP contribution in [0.2, 0.25) is 0 Å². The van der Waals surface area contributed by atoms with E-state index >= 15 is 0 Å². The van der Waals surface area contributed by atoms with Gasteiger partial charge in [-0.05, 0) is 36.8 Å². The van der Waals surface area contributed by atoms with Crippen molar-refractivity contribution in [3.8, 4) is 5.75 Å². The first kappa shape index (κ1) is 10.1. The van der Waals surface area contributed by atoms with Gasteiger partial charge in [0.25, 0.3) is 0 Å². The van der Waals surface area contributed by atoms with E-state index in [1.807, 2.05) is 31.2 Å². The Morgan fingerprint density at radius 3 is 2.80 bits per heavy atom. The molecule has 0 saturated heterocycles. The van der Waals surface area contributed by atoms with Gasteiger partial charge in [0.05, 0.1) is 0 Å². The van der Waals surface area contributed by atoms with Gasteiger partial charge in [-0.3, -0.25) is 0 Å². The normalized spacial score (nSPS) is 10.2. The zero-order valence-electron chi connectivity index (χ0n) is 8.34. The molecule has 0 bridgehead atoms. The lowest BCUT2D eigenvalue weighted by Gasteiger charge is -2.03. The maximum absolute atomic E-state index is 9.33. The molecule has 1 N–H and O–H groups in total. The second kappa shape index (κ2) is 4.36. The molecular weight excluding hydrogens is 206 g/mol. The minimum atomic E-state index is 0.286. The average Bonchev–Trinajstić information content (AvgIpc) is 2.22. The lowest BCUT2D eigenvalue weighted by Crippen LogP contribution is -1.83. The number of aromatic hydroxyl groups is 1. The Morgan fingerprint density at radius 1 is 1.20 bits per heavy atom. The molecule has 1 aromatic carbocycles. The zero-order chi connectivity index (χ0) is 10.7. The summed E-state index contributed by atoms with van der Waals surface area (Å²) in [7, 11) is 0. The van der Waals surface area contributed by atoms with Crippen molar-refractivity contribution in [1.29, 1.82) is 0 Å². The summed E-state index contributed by atoms with van der Waals surface area (Å²) < 4.78 is 0. The molecular formula is C12H11NOS. The topological polar surface area (TPSA) is 33.1 Å². The van der Waals surface area contributed by atoms with Gasteiger partial charge < -0.3 is 5.11 Å². The third-order valence-electron chi connectivity index (χ3n) is 1.99. The van der Waals surface area contributed by atoms with Gasteiger partial charge in [0.2, 0.25) is 0 Å². The quantitative estimate of drug-likeness (QED) is 0.838. The fourth-order valence-electron chi connectivity index (χ4n) is 1.24. The van der Waals surface area contributed by atoms with E-state index in [1.165, 1.54) is 0 Å². The maximum Gasteiger partial charge on any atom is 0.116 e. The minimum Gasteiger partial charge on any atom is -0.508 e. The lowest BCUT2D eigenvalue weighted by molar-refractivity contribution is 0.474. The van der Waals surface area contributed by atoms with Crippen molar-refractivity contribution in [2.75, 3.05) is 0 Å². The van der Waals surface area contributed by atoms with Crippen LogP contribution >= 0.6 is 11.8 Å². The highest BCUT2D eigenvalue weighted by atomic mass is 32.2. The van der Waals surface area contributed by atoms with Crippen LogP contribution in [0, 0.1) is 6.92 Å². The highest BCUT2D eigenvalue weighted by molar-refractivity contribution is 7.99. The predicted octanol–water partition coefficient (Wildman–Crippen LogP) is 3.25. The number of hydrogen-bond donors (Lipinski definition) is 1. The third-order valence-corrected chi connectivity index (χ3v) is 3.10. The number of phenols is 1. The molecule has 0 fully saturated rings. The summed E-state index contributed by atoms with van der Waals surface area (Å²) in [6.45, 7) is 2.03. The van der Waals surface area contributed by atoms with Crippen LogP contribution < -0.4 is 0 Å². The Labute approximate surface area is 93.0 Å². The summed E-state index contributed by atoms with van der Waals surface area (Å²) in [4.78, 5) is 5.28. The van der Waals surface area contributed by atoms with Crippen molar-refractivity contribution in [1.82, 2.24) is 4.98 Å². The predicted molar refractivity (Wildman–Crippen MR) is 61.2 cm³/mol. The monoisotopic (exact) mass is 217 g/mol. The van der Waals surface area contributed by atoms with E-state index in [4.69, 9.17) is 0 Å². The Hall–Kier alpha value is -1.48. The Bertz CT molecular complexity index is 471. The highest BCUT2D eigenvalue weighted by Crippen LogP contribution is 2.29. The van der Waals surface area contributed by atoms with Gasteiger partial charge in [-0.15, -0.1) is 0 Å². The number of aromatic nitrogens is 1. The van der Waals surface area contributed by atoms with Crippen molar-refractivity contribution < 1.29 is 5.11 Å². The molecule has 15 heavy (non-hydrogen) atoms. The molecule has 0 atom stereocenters.